The van der Waals surface area contributed by atoms with Crippen LogP contribution in [0.4, 0.5) is 0 Å². The van der Waals surface area contributed by atoms with Crippen LogP contribution in [0.25, 0.3) is 21.7 Å². The molecule has 1 aromatic heterocycles. The molecule has 0 spiro atoms. The zero-order valence-electron chi connectivity index (χ0n) is 14.4. The lowest BCUT2D eigenvalue weighted by atomic mass is 9.93. The highest BCUT2D eigenvalue weighted by molar-refractivity contribution is 6.08. The third-order valence-electron chi connectivity index (χ3n) is 4.51. The zero-order valence-corrected chi connectivity index (χ0v) is 14.4. The Morgan fingerprint density at radius 1 is 1.04 bits per heavy atom. The van der Waals surface area contributed by atoms with Gasteiger partial charge in [0.1, 0.15) is 5.75 Å². The number of hydrogen-bond donors (Lipinski definition) is 0. The highest BCUT2D eigenvalue weighted by atomic mass is 16.5. The third kappa shape index (κ3) is 2.90. The molecule has 2 nitrogen and oxygen atoms in total. The minimum absolute atomic E-state index is 1.03. The fourth-order valence-electron chi connectivity index (χ4n) is 3.44. The van der Waals surface area contributed by atoms with Crippen molar-refractivity contribution >= 4 is 21.7 Å². The fraction of sp³-hybridized carbons (Fsp3) is 0.381. The molecule has 0 saturated heterocycles. The lowest BCUT2D eigenvalue weighted by Gasteiger charge is -2.17. The van der Waals surface area contributed by atoms with Gasteiger partial charge in [-0.3, -0.25) is 4.98 Å². The van der Waals surface area contributed by atoms with Crippen LogP contribution in [0.15, 0.2) is 36.5 Å². The Balaban J connectivity index is 2.38. The Labute approximate surface area is 138 Å². The van der Waals surface area contributed by atoms with Gasteiger partial charge >= 0.3 is 0 Å². The van der Waals surface area contributed by atoms with Crippen LogP contribution in [0.5, 0.6) is 5.75 Å². The Morgan fingerprint density at radius 3 is 2.61 bits per heavy atom. The van der Waals surface area contributed by atoms with E-state index in [1.165, 1.54) is 40.1 Å². The Hall–Kier alpha value is -2.09. The molecule has 3 rings (SSSR count). The number of methoxy groups -OCH3 is 1. The molecule has 0 unspecified atom stereocenters. The standard InChI is InChI=1S/C21H25NO/c1-4-6-11-18-20-17-12-8-7-10-16(17)14-22-19(20)13-15(9-5-2)21(18)23-3/h7-8,10,12-14H,4-6,9,11H2,1-3H3. The van der Waals surface area contributed by atoms with Gasteiger partial charge in [-0.05, 0) is 36.3 Å². The number of aryl methyl sites for hydroxylation is 2. The smallest absolute Gasteiger partial charge is 0.126 e. The second-order valence-corrected chi connectivity index (χ2v) is 6.14. The summed E-state index contributed by atoms with van der Waals surface area (Å²) >= 11 is 0. The van der Waals surface area contributed by atoms with Crippen LogP contribution in [0, 0.1) is 0 Å². The molecule has 0 aliphatic carbocycles. The minimum Gasteiger partial charge on any atom is -0.496 e. The van der Waals surface area contributed by atoms with Crippen LogP contribution < -0.4 is 4.74 Å². The van der Waals surface area contributed by atoms with Crippen molar-refractivity contribution in [3.63, 3.8) is 0 Å². The van der Waals surface area contributed by atoms with Gasteiger partial charge in [0.15, 0.2) is 0 Å². The lowest BCUT2D eigenvalue weighted by molar-refractivity contribution is 0.404. The predicted octanol–water partition coefficient (Wildman–Crippen LogP) is 5.69. The largest absolute Gasteiger partial charge is 0.496 e. The van der Waals surface area contributed by atoms with Crippen molar-refractivity contribution in [2.75, 3.05) is 7.11 Å². The van der Waals surface area contributed by atoms with E-state index in [2.05, 4.69) is 44.2 Å². The third-order valence-corrected chi connectivity index (χ3v) is 4.51. The van der Waals surface area contributed by atoms with E-state index in [4.69, 9.17) is 9.72 Å². The molecule has 1 heterocycles. The van der Waals surface area contributed by atoms with Gasteiger partial charge in [-0.15, -0.1) is 0 Å². The van der Waals surface area contributed by atoms with Crippen molar-refractivity contribution in [3.8, 4) is 5.75 Å². The summed E-state index contributed by atoms with van der Waals surface area (Å²) in [6, 6.07) is 10.7. The Kier molecular flexibility index (Phi) is 4.80. The van der Waals surface area contributed by atoms with Gasteiger partial charge in [-0.1, -0.05) is 51.0 Å². The van der Waals surface area contributed by atoms with Crippen LogP contribution >= 0.6 is 0 Å². The summed E-state index contributed by atoms with van der Waals surface area (Å²) in [7, 11) is 1.80. The van der Waals surface area contributed by atoms with Crippen LogP contribution in [-0.4, -0.2) is 12.1 Å². The number of ether oxygens (including phenoxy) is 1. The Morgan fingerprint density at radius 2 is 1.87 bits per heavy atom. The summed E-state index contributed by atoms with van der Waals surface area (Å²) in [5.41, 5.74) is 3.72. The van der Waals surface area contributed by atoms with E-state index in [1.54, 1.807) is 7.11 Å². The Bertz CT molecular complexity index is 823. The summed E-state index contributed by atoms with van der Waals surface area (Å²) in [5, 5.41) is 3.75. The number of fused-ring (bicyclic) bond motifs is 3. The highest BCUT2D eigenvalue weighted by Gasteiger charge is 2.16. The average Bonchev–Trinajstić information content (AvgIpc) is 2.59. The highest BCUT2D eigenvalue weighted by Crippen LogP contribution is 2.37. The van der Waals surface area contributed by atoms with Crippen molar-refractivity contribution in [3.05, 3.63) is 47.7 Å². The van der Waals surface area contributed by atoms with Gasteiger partial charge in [-0.25, -0.2) is 0 Å². The molecular formula is C21H25NO. The molecule has 2 heteroatoms. The van der Waals surface area contributed by atoms with Gasteiger partial charge < -0.3 is 4.74 Å². The van der Waals surface area contributed by atoms with Crippen molar-refractivity contribution in [1.82, 2.24) is 4.98 Å². The summed E-state index contributed by atoms with van der Waals surface area (Å²) in [5.74, 6) is 1.07. The summed E-state index contributed by atoms with van der Waals surface area (Å²) < 4.78 is 5.86. The van der Waals surface area contributed by atoms with Crippen molar-refractivity contribution in [2.24, 2.45) is 0 Å². The predicted molar refractivity (Wildman–Crippen MR) is 98.4 cm³/mol. The van der Waals surface area contributed by atoms with E-state index in [0.717, 1.165) is 30.5 Å². The quantitative estimate of drug-likeness (QED) is 0.546. The monoisotopic (exact) mass is 307 g/mol. The van der Waals surface area contributed by atoms with Crippen molar-refractivity contribution in [1.29, 1.82) is 0 Å². The molecule has 0 bridgehead atoms. The summed E-state index contributed by atoms with van der Waals surface area (Å²) in [6.45, 7) is 4.45. The molecule has 23 heavy (non-hydrogen) atoms. The van der Waals surface area contributed by atoms with Gasteiger partial charge in [-0.2, -0.15) is 0 Å². The number of hydrogen-bond acceptors (Lipinski definition) is 2. The maximum atomic E-state index is 5.86. The van der Waals surface area contributed by atoms with E-state index in [9.17, 15) is 0 Å². The molecule has 0 N–H and O–H groups in total. The van der Waals surface area contributed by atoms with Gasteiger partial charge in [0.2, 0.25) is 0 Å². The molecule has 120 valence electrons. The van der Waals surface area contributed by atoms with E-state index in [-0.39, 0.29) is 0 Å². The van der Waals surface area contributed by atoms with Gasteiger partial charge in [0, 0.05) is 22.5 Å². The van der Waals surface area contributed by atoms with Crippen LogP contribution in [0.2, 0.25) is 0 Å². The molecule has 0 aliphatic heterocycles. The van der Waals surface area contributed by atoms with E-state index < -0.39 is 0 Å². The lowest BCUT2D eigenvalue weighted by Crippen LogP contribution is -2.01. The summed E-state index contributed by atoms with van der Waals surface area (Å²) in [4.78, 5) is 4.74. The maximum Gasteiger partial charge on any atom is 0.126 e. The first-order valence-corrected chi connectivity index (χ1v) is 8.66. The van der Waals surface area contributed by atoms with Crippen LogP contribution in [-0.2, 0) is 12.8 Å². The topological polar surface area (TPSA) is 22.1 Å². The second-order valence-electron chi connectivity index (χ2n) is 6.14. The minimum atomic E-state index is 1.03. The molecule has 0 aliphatic rings. The van der Waals surface area contributed by atoms with Crippen molar-refractivity contribution in [2.45, 2.75) is 46.0 Å². The number of unbranched alkanes of at least 4 members (excludes halogenated alkanes) is 1. The van der Waals surface area contributed by atoms with E-state index in [0.29, 0.717) is 0 Å². The fourth-order valence-corrected chi connectivity index (χ4v) is 3.44. The normalized spacial score (nSPS) is 11.3. The molecule has 0 amide bonds. The summed E-state index contributed by atoms with van der Waals surface area (Å²) in [6.07, 6.45) is 7.54. The maximum absolute atomic E-state index is 5.86. The zero-order chi connectivity index (χ0) is 16.2. The van der Waals surface area contributed by atoms with Gasteiger partial charge in [0.25, 0.3) is 0 Å². The van der Waals surface area contributed by atoms with Crippen molar-refractivity contribution < 1.29 is 4.74 Å². The number of aromatic nitrogens is 1. The first kappa shape index (κ1) is 15.8. The SMILES string of the molecule is CCCCc1c(OC)c(CCC)cc2ncc3ccccc3c12. The molecule has 3 aromatic rings. The first-order valence-electron chi connectivity index (χ1n) is 8.66. The molecule has 0 atom stereocenters. The van der Waals surface area contributed by atoms with Gasteiger partial charge in [0.05, 0.1) is 12.6 Å². The molecular weight excluding hydrogens is 282 g/mol. The number of nitrogens with zero attached hydrogens (tertiary/aromatic N) is 1. The molecule has 0 fully saturated rings. The first-order chi connectivity index (χ1) is 11.3. The van der Waals surface area contributed by atoms with E-state index >= 15 is 0 Å². The van der Waals surface area contributed by atoms with E-state index in [1.807, 2.05) is 6.20 Å². The molecule has 2 aromatic carbocycles. The molecule has 0 radical (unpaired) electrons. The molecule has 0 saturated carbocycles. The number of rotatable bonds is 6. The van der Waals surface area contributed by atoms with Crippen LogP contribution in [0.1, 0.15) is 44.2 Å². The number of pyridine rings is 1. The van der Waals surface area contributed by atoms with Crippen LogP contribution in [0.3, 0.4) is 0 Å². The average molecular weight is 307 g/mol. The second kappa shape index (κ2) is 6.99. The number of benzene rings is 2.